The van der Waals surface area contributed by atoms with E-state index in [-0.39, 0.29) is 22.7 Å². The van der Waals surface area contributed by atoms with Crippen molar-refractivity contribution in [2.75, 3.05) is 19.6 Å². The fourth-order valence-corrected chi connectivity index (χ4v) is 6.42. The van der Waals surface area contributed by atoms with Crippen molar-refractivity contribution in [1.82, 2.24) is 14.5 Å². The number of sulfonamides is 1. The van der Waals surface area contributed by atoms with E-state index in [1.807, 2.05) is 37.3 Å². The molecule has 0 aliphatic carbocycles. The average molecular weight is 499 g/mol. The molecule has 2 aromatic rings. The van der Waals surface area contributed by atoms with Crippen molar-refractivity contribution in [3.8, 4) is 11.5 Å². The van der Waals surface area contributed by atoms with Gasteiger partial charge in [-0.2, -0.15) is 4.31 Å². The van der Waals surface area contributed by atoms with Gasteiger partial charge in [0.25, 0.3) is 5.91 Å². The molecular formula is C26H34N4O4S. The van der Waals surface area contributed by atoms with E-state index in [0.29, 0.717) is 56.3 Å². The van der Waals surface area contributed by atoms with E-state index in [1.54, 1.807) is 24.3 Å². The second-order valence-corrected chi connectivity index (χ2v) is 12.0. The first-order chi connectivity index (χ1) is 16.6. The summed E-state index contributed by atoms with van der Waals surface area (Å²) in [6.45, 7) is 7.20. The highest BCUT2D eigenvalue weighted by Crippen LogP contribution is 2.30. The van der Waals surface area contributed by atoms with Crippen LogP contribution in [0.3, 0.4) is 0 Å². The summed E-state index contributed by atoms with van der Waals surface area (Å²) in [4.78, 5) is 14.8. The van der Waals surface area contributed by atoms with Gasteiger partial charge in [0.2, 0.25) is 10.0 Å². The standard InChI is InChI=1S/C26H34N4O4S/c1-19(2)17-26(3)24(31)30(25(27)28-26)18-20-13-15-29(16-14-20)35(32,33)23-11-9-22(10-12-23)34-21-7-5-4-6-8-21/h4-12,19-20H,13-18H2,1-3H3,(H2,27,28). The molecule has 188 valence electrons. The Morgan fingerprint density at radius 3 is 2.26 bits per heavy atom. The summed E-state index contributed by atoms with van der Waals surface area (Å²) < 4.78 is 33.6. The summed E-state index contributed by atoms with van der Waals surface area (Å²) >= 11 is 0. The number of para-hydroxylation sites is 1. The molecule has 1 atom stereocenters. The SMILES string of the molecule is CC(C)CC1(C)NC(=N)N(CC2CCN(S(=O)(=O)c3ccc(Oc4ccccc4)cc3)CC2)C1=O. The monoisotopic (exact) mass is 498 g/mol. The Morgan fingerprint density at radius 1 is 1.06 bits per heavy atom. The van der Waals surface area contributed by atoms with Gasteiger partial charge in [0.15, 0.2) is 5.96 Å². The van der Waals surface area contributed by atoms with Gasteiger partial charge >= 0.3 is 0 Å². The molecule has 0 spiro atoms. The van der Waals surface area contributed by atoms with E-state index in [1.165, 1.54) is 9.21 Å². The molecule has 2 N–H and O–H groups in total. The van der Waals surface area contributed by atoms with Crippen molar-refractivity contribution < 1.29 is 17.9 Å². The van der Waals surface area contributed by atoms with Crippen LogP contribution in [-0.2, 0) is 14.8 Å². The zero-order valence-electron chi connectivity index (χ0n) is 20.5. The molecule has 2 aliphatic heterocycles. The fourth-order valence-electron chi connectivity index (χ4n) is 4.95. The van der Waals surface area contributed by atoms with Crippen molar-refractivity contribution in [3.63, 3.8) is 0 Å². The zero-order chi connectivity index (χ0) is 25.2. The van der Waals surface area contributed by atoms with Gasteiger partial charge in [-0.1, -0.05) is 32.0 Å². The fraction of sp³-hybridized carbons (Fsp3) is 0.462. The molecule has 2 fully saturated rings. The summed E-state index contributed by atoms with van der Waals surface area (Å²) in [5.41, 5.74) is -0.744. The maximum absolute atomic E-state index is 13.2. The molecule has 0 bridgehead atoms. The first-order valence-electron chi connectivity index (χ1n) is 12.1. The molecule has 2 aromatic carbocycles. The second-order valence-electron chi connectivity index (χ2n) is 10.1. The largest absolute Gasteiger partial charge is 0.457 e. The topological polar surface area (TPSA) is 103 Å². The zero-order valence-corrected chi connectivity index (χ0v) is 21.3. The summed E-state index contributed by atoms with van der Waals surface area (Å²) in [6.07, 6.45) is 1.95. The highest BCUT2D eigenvalue weighted by atomic mass is 32.2. The van der Waals surface area contributed by atoms with Gasteiger partial charge in [-0.15, -0.1) is 0 Å². The van der Waals surface area contributed by atoms with Crippen LogP contribution in [0, 0.1) is 17.2 Å². The summed E-state index contributed by atoms with van der Waals surface area (Å²) in [5, 5.41) is 11.3. The maximum Gasteiger partial charge on any atom is 0.254 e. The van der Waals surface area contributed by atoms with Gasteiger partial charge in [-0.25, -0.2) is 8.42 Å². The van der Waals surface area contributed by atoms with Crippen LogP contribution in [0.25, 0.3) is 0 Å². The van der Waals surface area contributed by atoms with Gasteiger partial charge in [0.1, 0.15) is 17.0 Å². The van der Waals surface area contributed by atoms with E-state index in [4.69, 9.17) is 10.1 Å². The third-order valence-electron chi connectivity index (χ3n) is 6.65. The van der Waals surface area contributed by atoms with Crippen molar-refractivity contribution in [1.29, 1.82) is 5.41 Å². The van der Waals surface area contributed by atoms with E-state index in [9.17, 15) is 13.2 Å². The molecule has 0 saturated carbocycles. The Kier molecular flexibility index (Phi) is 7.19. The molecule has 2 saturated heterocycles. The molecule has 1 unspecified atom stereocenters. The lowest BCUT2D eigenvalue weighted by atomic mass is 9.90. The second kappa shape index (κ2) is 9.99. The lowest BCUT2D eigenvalue weighted by molar-refractivity contribution is -0.131. The lowest BCUT2D eigenvalue weighted by Gasteiger charge is -2.33. The molecule has 8 nitrogen and oxygen atoms in total. The minimum absolute atomic E-state index is 0.0657. The maximum atomic E-state index is 13.2. The van der Waals surface area contributed by atoms with E-state index in [2.05, 4.69) is 19.2 Å². The molecular weight excluding hydrogens is 464 g/mol. The predicted octanol–water partition coefficient (Wildman–Crippen LogP) is 4.05. The third kappa shape index (κ3) is 5.51. The van der Waals surface area contributed by atoms with Gasteiger partial charge in [-0.05, 0) is 74.4 Å². The summed E-state index contributed by atoms with van der Waals surface area (Å²) in [5.74, 6) is 1.82. The van der Waals surface area contributed by atoms with Crippen LogP contribution in [0.4, 0.5) is 0 Å². The number of nitrogens with one attached hydrogen (secondary N) is 2. The van der Waals surface area contributed by atoms with Crippen molar-refractivity contribution in [2.24, 2.45) is 11.8 Å². The molecule has 2 heterocycles. The molecule has 4 rings (SSSR count). The number of ether oxygens (including phenoxy) is 1. The van der Waals surface area contributed by atoms with Gasteiger partial charge in [0, 0.05) is 19.6 Å². The van der Waals surface area contributed by atoms with Crippen molar-refractivity contribution in [3.05, 3.63) is 54.6 Å². The van der Waals surface area contributed by atoms with Crippen LogP contribution in [0.15, 0.2) is 59.5 Å². The van der Waals surface area contributed by atoms with Crippen LogP contribution in [0.5, 0.6) is 11.5 Å². The molecule has 0 aromatic heterocycles. The average Bonchev–Trinajstić information content (AvgIpc) is 3.02. The number of nitrogens with zero attached hydrogens (tertiary/aromatic N) is 2. The van der Waals surface area contributed by atoms with Crippen molar-refractivity contribution in [2.45, 2.75) is 50.5 Å². The number of benzene rings is 2. The predicted molar refractivity (Wildman–Crippen MR) is 135 cm³/mol. The first kappa shape index (κ1) is 25.2. The smallest absolute Gasteiger partial charge is 0.254 e. The Hall–Kier alpha value is -2.91. The minimum atomic E-state index is -3.61. The number of hydrogen-bond donors (Lipinski definition) is 2. The number of rotatable bonds is 8. The van der Waals surface area contributed by atoms with Crippen LogP contribution >= 0.6 is 0 Å². The summed E-state index contributed by atoms with van der Waals surface area (Å²) in [6, 6.07) is 15.8. The van der Waals surface area contributed by atoms with Crippen LogP contribution in [-0.4, -0.2) is 54.7 Å². The number of carbonyl (C=O) groups is 1. The number of hydrogen-bond acceptors (Lipinski definition) is 5. The Labute approximate surface area is 207 Å². The van der Waals surface area contributed by atoms with Crippen LogP contribution in [0.2, 0.25) is 0 Å². The highest BCUT2D eigenvalue weighted by molar-refractivity contribution is 7.89. The quantitative estimate of drug-likeness (QED) is 0.572. The van der Waals surface area contributed by atoms with E-state index >= 15 is 0 Å². The molecule has 2 aliphatic rings. The Balaban J connectivity index is 1.34. The number of amides is 1. The third-order valence-corrected chi connectivity index (χ3v) is 8.57. The van der Waals surface area contributed by atoms with E-state index < -0.39 is 15.6 Å². The molecule has 35 heavy (non-hydrogen) atoms. The Bertz CT molecular complexity index is 1160. The van der Waals surface area contributed by atoms with Gasteiger partial charge in [0.05, 0.1) is 4.90 Å². The van der Waals surface area contributed by atoms with Crippen LogP contribution in [0.1, 0.15) is 40.0 Å². The summed E-state index contributed by atoms with van der Waals surface area (Å²) in [7, 11) is -3.61. The Morgan fingerprint density at radius 2 is 1.66 bits per heavy atom. The van der Waals surface area contributed by atoms with Crippen molar-refractivity contribution >= 4 is 21.9 Å². The lowest BCUT2D eigenvalue weighted by Crippen LogP contribution is -2.46. The van der Waals surface area contributed by atoms with E-state index in [0.717, 1.165) is 0 Å². The number of piperidine rings is 1. The number of carbonyl (C=O) groups excluding carboxylic acids is 1. The molecule has 0 radical (unpaired) electrons. The molecule has 9 heteroatoms. The van der Waals surface area contributed by atoms with Crippen LogP contribution < -0.4 is 10.1 Å². The highest BCUT2D eigenvalue weighted by Gasteiger charge is 2.46. The first-order valence-corrected chi connectivity index (χ1v) is 13.5. The van der Waals surface area contributed by atoms with Gasteiger partial charge < -0.3 is 10.1 Å². The van der Waals surface area contributed by atoms with Gasteiger partial charge in [-0.3, -0.25) is 15.1 Å². The minimum Gasteiger partial charge on any atom is -0.457 e. The molecule has 1 amide bonds. The number of guanidine groups is 1. The normalized spacial score (nSPS) is 22.0.